The molecule has 1 aromatic heterocycles. The zero-order valence-corrected chi connectivity index (χ0v) is 13.9. The molecule has 0 radical (unpaired) electrons. The number of nitrogens with one attached hydrogen (secondary N) is 1. The van der Waals surface area contributed by atoms with Gasteiger partial charge in [0.25, 0.3) is 5.56 Å². The van der Waals surface area contributed by atoms with Gasteiger partial charge in [0, 0.05) is 12.6 Å². The van der Waals surface area contributed by atoms with Gasteiger partial charge < -0.3 is 5.32 Å². The quantitative estimate of drug-likeness (QED) is 0.847. The van der Waals surface area contributed by atoms with Gasteiger partial charge in [-0.3, -0.25) is 4.79 Å². The van der Waals surface area contributed by atoms with Crippen LogP contribution in [0.15, 0.2) is 15.5 Å². The van der Waals surface area contributed by atoms with Crippen LogP contribution in [0.3, 0.4) is 0 Å². The van der Waals surface area contributed by atoms with Crippen molar-refractivity contribution < 1.29 is 0 Å². The van der Waals surface area contributed by atoms with Gasteiger partial charge in [-0.05, 0) is 41.1 Å². The maximum absolute atomic E-state index is 12.2. The highest BCUT2D eigenvalue weighted by Gasteiger charge is 2.21. The van der Waals surface area contributed by atoms with Crippen LogP contribution in [0.4, 0.5) is 5.69 Å². The topological polar surface area (TPSA) is 46.9 Å². The smallest absolute Gasteiger partial charge is 0.283 e. The Labute approximate surface area is 129 Å². The van der Waals surface area contributed by atoms with Crippen molar-refractivity contribution >= 4 is 21.6 Å². The number of aryl methyl sites for hydroxylation is 1. The Morgan fingerprint density at radius 1 is 1.40 bits per heavy atom. The van der Waals surface area contributed by atoms with Crippen molar-refractivity contribution in [1.29, 1.82) is 0 Å². The lowest BCUT2D eigenvalue weighted by Gasteiger charge is -2.24. The summed E-state index contributed by atoms with van der Waals surface area (Å²) in [7, 11) is 0. The molecule has 1 saturated carbocycles. The number of halogens is 1. The van der Waals surface area contributed by atoms with Crippen molar-refractivity contribution in [2.75, 3.05) is 5.32 Å². The molecule has 0 aromatic carbocycles. The van der Waals surface area contributed by atoms with Crippen molar-refractivity contribution in [3.63, 3.8) is 0 Å². The zero-order valence-electron chi connectivity index (χ0n) is 12.4. The maximum Gasteiger partial charge on any atom is 0.283 e. The van der Waals surface area contributed by atoms with E-state index in [-0.39, 0.29) is 5.56 Å². The van der Waals surface area contributed by atoms with Gasteiger partial charge in [-0.25, -0.2) is 4.68 Å². The molecule has 4 nitrogen and oxygen atoms in total. The molecule has 2 atom stereocenters. The van der Waals surface area contributed by atoms with Crippen LogP contribution in [0.1, 0.15) is 52.4 Å². The van der Waals surface area contributed by atoms with Gasteiger partial charge in [0.1, 0.15) is 4.47 Å². The molecule has 2 rings (SSSR count). The first-order chi connectivity index (χ1) is 9.63. The Bertz CT molecular complexity index is 500. The molecule has 0 saturated heterocycles. The largest absolute Gasteiger partial charge is 0.380 e. The third-order valence-electron chi connectivity index (χ3n) is 4.12. The third kappa shape index (κ3) is 3.62. The van der Waals surface area contributed by atoms with Crippen LogP contribution in [-0.2, 0) is 6.54 Å². The minimum atomic E-state index is -0.0434. The summed E-state index contributed by atoms with van der Waals surface area (Å²) in [4.78, 5) is 12.2. The van der Waals surface area contributed by atoms with Crippen molar-refractivity contribution in [3.8, 4) is 0 Å². The fraction of sp³-hybridized carbons (Fsp3) is 0.733. The minimum Gasteiger partial charge on any atom is -0.380 e. The second-order valence-electron chi connectivity index (χ2n) is 5.77. The monoisotopic (exact) mass is 341 g/mol. The minimum absolute atomic E-state index is 0.0434. The summed E-state index contributed by atoms with van der Waals surface area (Å²) in [6, 6.07) is 0.442. The Kier molecular flexibility index (Phi) is 5.64. The van der Waals surface area contributed by atoms with Crippen molar-refractivity contribution in [3.05, 3.63) is 21.0 Å². The molecular weight excluding hydrogens is 318 g/mol. The molecular formula is C15H24BrN3O. The van der Waals surface area contributed by atoms with Gasteiger partial charge in [0.2, 0.25) is 0 Å². The fourth-order valence-corrected chi connectivity index (χ4v) is 3.27. The van der Waals surface area contributed by atoms with Crippen LogP contribution in [0.2, 0.25) is 0 Å². The first-order valence-electron chi connectivity index (χ1n) is 7.65. The Morgan fingerprint density at radius 2 is 2.15 bits per heavy atom. The molecule has 1 aromatic rings. The normalized spacial score (nSPS) is 23.4. The van der Waals surface area contributed by atoms with Gasteiger partial charge >= 0.3 is 0 Å². The third-order valence-corrected chi connectivity index (χ3v) is 4.89. The number of hydrogen-bond acceptors (Lipinski definition) is 3. The van der Waals surface area contributed by atoms with E-state index in [0.717, 1.165) is 12.1 Å². The molecule has 1 heterocycles. The second-order valence-corrected chi connectivity index (χ2v) is 6.56. The maximum atomic E-state index is 12.2. The van der Waals surface area contributed by atoms with E-state index >= 15 is 0 Å². The van der Waals surface area contributed by atoms with E-state index in [1.165, 1.54) is 36.8 Å². The fourth-order valence-electron chi connectivity index (χ4n) is 2.84. The predicted molar refractivity (Wildman–Crippen MR) is 86.1 cm³/mol. The van der Waals surface area contributed by atoms with E-state index in [0.29, 0.717) is 23.0 Å². The summed E-state index contributed by atoms with van der Waals surface area (Å²) in [6.07, 6.45) is 9.02. The van der Waals surface area contributed by atoms with Gasteiger partial charge in [0.15, 0.2) is 0 Å². The average molecular weight is 342 g/mol. The van der Waals surface area contributed by atoms with Crippen LogP contribution in [0.5, 0.6) is 0 Å². The molecule has 2 unspecified atom stereocenters. The van der Waals surface area contributed by atoms with Crippen LogP contribution >= 0.6 is 15.9 Å². The van der Waals surface area contributed by atoms with Gasteiger partial charge in [-0.1, -0.05) is 33.1 Å². The lowest BCUT2D eigenvalue weighted by Crippen LogP contribution is -2.29. The molecule has 112 valence electrons. The van der Waals surface area contributed by atoms with Gasteiger partial charge in [-0.2, -0.15) is 5.10 Å². The van der Waals surface area contributed by atoms with E-state index in [2.05, 4.69) is 33.3 Å². The van der Waals surface area contributed by atoms with E-state index in [4.69, 9.17) is 0 Å². The summed E-state index contributed by atoms with van der Waals surface area (Å²) in [5.74, 6) is 0.641. The Balaban J connectivity index is 2.16. The number of aromatic nitrogens is 2. The first-order valence-corrected chi connectivity index (χ1v) is 8.45. The van der Waals surface area contributed by atoms with Gasteiger partial charge in [-0.15, -0.1) is 0 Å². The van der Waals surface area contributed by atoms with E-state index in [1.54, 1.807) is 6.20 Å². The standard InChI is InChI=1S/C15H24BrN3O/c1-3-9-19-15(20)14(16)13(10-17-19)18-12-8-6-4-5-7-11(12)2/h10-12,18H,3-9H2,1-2H3. The summed E-state index contributed by atoms with van der Waals surface area (Å²) in [5, 5.41) is 7.78. The van der Waals surface area contributed by atoms with Crippen LogP contribution in [-0.4, -0.2) is 15.8 Å². The average Bonchev–Trinajstić information content (AvgIpc) is 2.64. The molecule has 0 bridgehead atoms. The lowest BCUT2D eigenvalue weighted by atomic mass is 9.97. The Morgan fingerprint density at radius 3 is 2.90 bits per heavy atom. The molecule has 1 N–H and O–H groups in total. The molecule has 5 heteroatoms. The molecule has 0 amide bonds. The highest BCUT2D eigenvalue weighted by molar-refractivity contribution is 9.10. The second kappa shape index (κ2) is 7.25. The highest BCUT2D eigenvalue weighted by Crippen LogP contribution is 2.27. The highest BCUT2D eigenvalue weighted by atomic mass is 79.9. The molecule has 0 spiro atoms. The van der Waals surface area contributed by atoms with Crippen molar-refractivity contribution in [2.24, 2.45) is 5.92 Å². The van der Waals surface area contributed by atoms with E-state index in [9.17, 15) is 4.79 Å². The summed E-state index contributed by atoms with van der Waals surface area (Å²) >= 11 is 3.43. The molecule has 0 aliphatic heterocycles. The summed E-state index contributed by atoms with van der Waals surface area (Å²) in [6.45, 7) is 5.00. The van der Waals surface area contributed by atoms with Crippen molar-refractivity contribution in [1.82, 2.24) is 9.78 Å². The summed E-state index contributed by atoms with van der Waals surface area (Å²) in [5.41, 5.74) is 0.791. The number of rotatable bonds is 4. The first kappa shape index (κ1) is 15.5. The van der Waals surface area contributed by atoms with E-state index in [1.807, 2.05) is 6.92 Å². The predicted octanol–water partition coefficient (Wildman–Crippen LogP) is 3.80. The molecule has 20 heavy (non-hydrogen) atoms. The number of anilines is 1. The SMILES string of the molecule is CCCn1ncc(NC2CCCCCC2C)c(Br)c1=O. The molecule has 1 aliphatic carbocycles. The van der Waals surface area contributed by atoms with Crippen LogP contribution in [0.25, 0.3) is 0 Å². The van der Waals surface area contributed by atoms with Crippen LogP contribution in [0, 0.1) is 5.92 Å². The van der Waals surface area contributed by atoms with E-state index < -0.39 is 0 Å². The van der Waals surface area contributed by atoms with Crippen LogP contribution < -0.4 is 10.9 Å². The van der Waals surface area contributed by atoms with Gasteiger partial charge in [0.05, 0.1) is 11.9 Å². The Hall–Kier alpha value is -0.840. The molecule has 1 fully saturated rings. The zero-order chi connectivity index (χ0) is 14.5. The molecule has 1 aliphatic rings. The summed E-state index contributed by atoms with van der Waals surface area (Å²) < 4.78 is 2.13. The number of nitrogens with zero attached hydrogens (tertiary/aromatic N) is 2. The lowest BCUT2D eigenvalue weighted by molar-refractivity contribution is 0.455. The number of hydrogen-bond donors (Lipinski definition) is 1. The van der Waals surface area contributed by atoms with Crippen molar-refractivity contribution in [2.45, 2.75) is 65.0 Å².